The van der Waals surface area contributed by atoms with Gasteiger partial charge >= 0.3 is 0 Å². The monoisotopic (exact) mass is 295 g/mol. The van der Waals surface area contributed by atoms with Crippen LogP contribution in [0.4, 0.5) is 0 Å². The van der Waals surface area contributed by atoms with Crippen LogP contribution in [-0.2, 0) is 9.59 Å². The first-order valence-corrected chi connectivity index (χ1v) is 8.45. The Morgan fingerprint density at radius 1 is 1.19 bits per heavy atom. The second-order valence-electron chi connectivity index (χ2n) is 6.41. The average molecular weight is 295 g/mol. The maximum Gasteiger partial charge on any atom is 0.244 e. The van der Waals surface area contributed by atoms with Crippen LogP contribution in [0, 0.1) is 5.92 Å². The fourth-order valence-corrected chi connectivity index (χ4v) is 3.27. The van der Waals surface area contributed by atoms with Crippen LogP contribution in [0.15, 0.2) is 0 Å². The molecule has 2 aliphatic heterocycles. The fraction of sp³-hybridized carbons (Fsp3) is 0.875. The summed E-state index contributed by atoms with van der Waals surface area (Å²) in [5.41, 5.74) is 0. The lowest BCUT2D eigenvalue weighted by molar-refractivity contribution is -0.136. The molecule has 21 heavy (non-hydrogen) atoms. The number of hydrogen-bond donors (Lipinski definition) is 2. The Labute approximate surface area is 127 Å². The Hall–Kier alpha value is -1.10. The van der Waals surface area contributed by atoms with Gasteiger partial charge in [-0.1, -0.05) is 0 Å². The highest BCUT2D eigenvalue weighted by atomic mass is 16.2. The quantitative estimate of drug-likeness (QED) is 0.803. The van der Waals surface area contributed by atoms with E-state index in [1.807, 2.05) is 4.90 Å². The van der Waals surface area contributed by atoms with E-state index in [1.165, 1.54) is 6.42 Å². The van der Waals surface area contributed by atoms with E-state index in [0.29, 0.717) is 12.3 Å². The van der Waals surface area contributed by atoms with Gasteiger partial charge in [0, 0.05) is 19.5 Å². The minimum absolute atomic E-state index is 0.0198. The molecule has 0 saturated carbocycles. The summed E-state index contributed by atoms with van der Waals surface area (Å²) in [6.45, 7) is 5.62. The number of carbonyl (C=O) groups excluding carboxylic acids is 2. The summed E-state index contributed by atoms with van der Waals surface area (Å²) in [6, 6.07) is -0.386. The highest BCUT2D eigenvalue weighted by molar-refractivity contribution is 5.87. The van der Waals surface area contributed by atoms with Gasteiger partial charge in [0.15, 0.2) is 0 Å². The van der Waals surface area contributed by atoms with Gasteiger partial charge in [-0.25, -0.2) is 0 Å². The molecule has 0 unspecified atom stereocenters. The van der Waals surface area contributed by atoms with Crippen molar-refractivity contribution in [1.82, 2.24) is 15.5 Å². The topological polar surface area (TPSA) is 61.4 Å². The predicted octanol–water partition coefficient (Wildman–Crippen LogP) is 1.28. The Kier molecular flexibility index (Phi) is 6.49. The molecule has 2 saturated heterocycles. The van der Waals surface area contributed by atoms with E-state index in [2.05, 4.69) is 10.6 Å². The lowest BCUT2D eigenvalue weighted by Crippen LogP contribution is -2.48. The van der Waals surface area contributed by atoms with E-state index in [1.54, 1.807) is 6.92 Å². The van der Waals surface area contributed by atoms with Crippen LogP contribution in [0.5, 0.6) is 0 Å². The Balaban J connectivity index is 1.67. The number of piperidine rings is 2. The summed E-state index contributed by atoms with van der Waals surface area (Å²) in [5.74, 6) is 0.751. The highest BCUT2D eigenvalue weighted by Gasteiger charge is 2.23. The van der Waals surface area contributed by atoms with Gasteiger partial charge in [0.2, 0.25) is 11.8 Å². The van der Waals surface area contributed by atoms with Crippen LogP contribution in [0.2, 0.25) is 0 Å². The smallest absolute Gasteiger partial charge is 0.244 e. The number of nitrogens with one attached hydrogen (secondary N) is 2. The summed E-state index contributed by atoms with van der Waals surface area (Å²) >= 11 is 0. The van der Waals surface area contributed by atoms with Crippen LogP contribution >= 0.6 is 0 Å². The average Bonchev–Trinajstić information content (AvgIpc) is 2.54. The Morgan fingerprint density at radius 2 is 1.86 bits per heavy atom. The molecule has 0 spiro atoms. The molecule has 1 atom stereocenters. The van der Waals surface area contributed by atoms with Crippen LogP contribution in [0.3, 0.4) is 0 Å². The Bertz CT molecular complexity index is 347. The zero-order valence-electron chi connectivity index (χ0n) is 13.2. The van der Waals surface area contributed by atoms with Gasteiger partial charge < -0.3 is 15.5 Å². The number of likely N-dealkylation sites (tertiary alicyclic amines) is 1. The third-order valence-corrected chi connectivity index (χ3v) is 4.65. The van der Waals surface area contributed by atoms with E-state index >= 15 is 0 Å². The molecule has 0 aromatic carbocycles. The second kappa shape index (κ2) is 8.37. The van der Waals surface area contributed by atoms with Crippen LogP contribution < -0.4 is 10.6 Å². The Morgan fingerprint density at radius 3 is 2.52 bits per heavy atom. The van der Waals surface area contributed by atoms with Crippen molar-refractivity contribution in [1.29, 1.82) is 0 Å². The molecule has 120 valence electrons. The third kappa shape index (κ3) is 5.30. The number of nitrogens with zero attached hydrogens (tertiary/aromatic N) is 1. The summed E-state index contributed by atoms with van der Waals surface area (Å²) in [7, 11) is 0. The van der Waals surface area contributed by atoms with Crippen molar-refractivity contribution in [3.63, 3.8) is 0 Å². The minimum Gasteiger partial charge on any atom is -0.345 e. The molecular weight excluding hydrogens is 266 g/mol. The van der Waals surface area contributed by atoms with Gasteiger partial charge in [-0.05, 0) is 64.5 Å². The molecule has 2 aliphatic rings. The third-order valence-electron chi connectivity index (χ3n) is 4.65. The maximum absolute atomic E-state index is 12.2. The molecule has 2 heterocycles. The molecule has 0 bridgehead atoms. The molecule has 2 N–H and O–H groups in total. The molecule has 0 aromatic rings. The molecule has 2 rings (SSSR count). The van der Waals surface area contributed by atoms with Gasteiger partial charge in [-0.15, -0.1) is 0 Å². The number of amides is 2. The maximum atomic E-state index is 12.2. The fourth-order valence-electron chi connectivity index (χ4n) is 3.27. The van der Waals surface area contributed by atoms with Crippen molar-refractivity contribution in [3.05, 3.63) is 0 Å². The van der Waals surface area contributed by atoms with Gasteiger partial charge in [0.25, 0.3) is 0 Å². The van der Waals surface area contributed by atoms with Gasteiger partial charge in [-0.2, -0.15) is 0 Å². The largest absolute Gasteiger partial charge is 0.345 e. The van der Waals surface area contributed by atoms with Crippen LogP contribution in [0.25, 0.3) is 0 Å². The molecule has 5 nitrogen and oxygen atoms in total. The van der Waals surface area contributed by atoms with Crippen molar-refractivity contribution in [2.45, 2.75) is 57.9 Å². The van der Waals surface area contributed by atoms with E-state index in [-0.39, 0.29) is 17.9 Å². The van der Waals surface area contributed by atoms with E-state index in [9.17, 15) is 9.59 Å². The van der Waals surface area contributed by atoms with Crippen molar-refractivity contribution >= 4 is 11.8 Å². The van der Waals surface area contributed by atoms with Crippen LogP contribution in [0.1, 0.15) is 51.9 Å². The molecule has 2 amide bonds. The van der Waals surface area contributed by atoms with E-state index < -0.39 is 0 Å². The first-order valence-electron chi connectivity index (χ1n) is 8.45. The van der Waals surface area contributed by atoms with Gasteiger partial charge in [0.05, 0.1) is 0 Å². The number of hydrogen-bond acceptors (Lipinski definition) is 3. The molecule has 0 aromatic heterocycles. The SMILES string of the molecule is C[C@H](NC(=O)CCC1CCNCC1)C(=O)N1CCCCC1. The lowest BCUT2D eigenvalue weighted by Gasteiger charge is -2.29. The van der Waals surface area contributed by atoms with Crippen molar-refractivity contribution in [3.8, 4) is 0 Å². The summed E-state index contributed by atoms with van der Waals surface area (Å²) in [4.78, 5) is 26.1. The number of carbonyl (C=O) groups is 2. The molecule has 2 fully saturated rings. The van der Waals surface area contributed by atoms with E-state index in [0.717, 1.165) is 58.3 Å². The number of rotatable bonds is 5. The lowest BCUT2D eigenvalue weighted by atomic mass is 9.93. The van der Waals surface area contributed by atoms with Gasteiger partial charge in [0.1, 0.15) is 6.04 Å². The zero-order chi connectivity index (χ0) is 15.1. The van der Waals surface area contributed by atoms with Crippen molar-refractivity contribution in [2.75, 3.05) is 26.2 Å². The second-order valence-corrected chi connectivity index (χ2v) is 6.41. The standard InChI is InChI=1S/C16H29N3O2/c1-13(16(21)19-11-3-2-4-12-19)18-15(20)6-5-14-7-9-17-10-8-14/h13-14,17H,2-12H2,1H3,(H,18,20)/t13-/m0/s1. The molecule has 0 radical (unpaired) electrons. The zero-order valence-corrected chi connectivity index (χ0v) is 13.2. The van der Waals surface area contributed by atoms with Crippen molar-refractivity contribution in [2.24, 2.45) is 5.92 Å². The molecule has 5 heteroatoms. The summed E-state index contributed by atoms with van der Waals surface area (Å²) < 4.78 is 0. The highest BCUT2D eigenvalue weighted by Crippen LogP contribution is 2.17. The van der Waals surface area contributed by atoms with Crippen LogP contribution in [-0.4, -0.2) is 48.9 Å². The first-order chi connectivity index (χ1) is 10.2. The van der Waals surface area contributed by atoms with E-state index in [4.69, 9.17) is 0 Å². The first kappa shape index (κ1) is 16.3. The summed E-state index contributed by atoms with van der Waals surface area (Å²) in [6.07, 6.45) is 7.19. The normalized spacial score (nSPS) is 21.9. The van der Waals surface area contributed by atoms with Gasteiger partial charge in [-0.3, -0.25) is 9.59 Å². The summed E-state index contributed by atoms with van der Waals surface area (Å²) in [5, 5.41) is 6.21. The molecule has 0 aliphatic carbocycles. The predicted molar refractivity (Wildman–Crippen MR) is 82.9 cm³/mol. The minimum atomic E-state index is -0.386. The molecular formula is C16H29N3O2. The van der Waals surface area contributed by atoms with Crippen molar-refractivity contribution < 1.29 is 9.59 Å².